The Labute approximate surface area is 170 Å². The van der Waals surface area contributed by atoms with Crippen LogP contribution in [0.1, 0.15) is 45.1 Å². The number of aryl methyl sites for hydroxylation is 2. The average Bonchev–Trinajstić information content (AvgIpc) is 3.42. The number of fused-ring (bicyclic) bond motifs is 1. The Morgan fingerprint density at radius 1 is 1.31 bits per heavy atom. The highest BCUT2D eigenvalue weighted by Gasteiger charge is 2.18. The monoisotopic (exact) mass is 412 g/mol. The lowest BCUT2D eigenvalue weighted by Gasteiger charge is -2.08. The van der Waals surface area contributed by atoms with Gasteiger partial charge in [0.25, 0.3) is 5.56 Å². The molecule has 0 saturated heterocycles. The van der Waals surface area contributed by atoms with Gasteiger partial charge in [-0.05, 0) is 38.5 Å². The van der Waals surface area contributed by atoms with Crippen LogP contribution in [-0.2, 0) is 24.3 Å². The first kappa shape index (κ1) is 19.1. The second-order valence-corrected chi connectivity index (χ2v) is 7.70. The van der Waals surface area contributed by atoms with Crippen LogP contribution in [-0.4, -0.2) is 25.1 Å². The van der Waals surface area contributed by atoms with Crippen molar-refractivity contribution >= 4 is 22.3 Å². The summed E-state index contributed by atoms with van der Waals surface area (Å²) in [6, 6.07) is 6.86. The van der Waals surface area contributed by atoms with E-state index in [4.69, 9.17) is 9.15 Å². The SMILES string of the molecule is CCc1nn2c(=O)cc(COC(=O)c3cc(C)n(Cc4ccco4)c3C)nc2s1. The molecule has 0 atom stereocenters. The molecule has 29 heavy (non-hydrogen) atoms. The minimum Gasteiger partial charge on any atom is -0.467 e. The van der Waals surface area contributed by atoms with E-state index in [9.17, 15) is 9.59 Å². The number of aromatic nitrogens is 4. The summed E-state index contributed by atoms with van der Waals surface area (Å²) in [6.45, 7) is 6.22. The Kier molecular flexibility index (Phi) is 5.06. The molecule has 0 aromatic carbocycles. The number of carbonyl (C=O) groups is 1. The van der Waals surface area contributed by atoms with Gasteiger partial charge in [-0.15, -0.1) is 0 Å². The van der Waals surface area contributed by atoms with Gasteiger partial charge in [0, 0.05) is 17.5 Å². The molecule has 0 N–H and O–H groups in total. The van der Waals surface area contributed by atoms with Crippen LogP contribution in [0.5, 0.6) is 0 Å². The molecule has 9 heteroatoms. The summed E-state index contributed by atoms with van der Waals surface area (Å²) in [7, 11) is 0. The number of carbonyl (C=O) groups excluding carboxylic acids is 1. The molecule has 0 bridgehead atoms. The molecule has 150 valence electrons. The van der Waals surface area contributed by atoms with Crippen molar-refractivity contribution in [3.63, 3.8) is 0 Å². The quantitative estimate of drug-likeness (QED) is 0.452. The highest BCUT2D eigenvalue weighted by molar-refractivity contribution is 7.16. The van der Waals surface area contributed by atoms with Gasteiger partial charge in [0.1, 0.15) is 17.4 Å². The lowest BCUT2D eigenvalue weighted by atomic mass is 10.2. The Morgan fingerprint density at radius 3 is 2.86 bits per heavy atom. The second kappa shape index (κ2) is 7.67. The fraction of sp³-hybridized carbons (Fsp3) is 0.300. The molecule has 0 aliphatic rings. The second-order valence-electron chi connectivity index (χ2n) is 6.66. The first-order valence-electron chi connectivity index (χ1n) is 9.21. The van der Waals surface area contributed by atoms with Crippen LogP contribution in [0, 0.1) is 13.8 Å². The van der Waals surface area contributed by atoms with E-state index in [1.807, 2.05) is 37.5 Å². The van der Waals surface area contributed by atoms with Crippen molar-refractivity contribution in [3.8, 4) is 0 Å². The van der Waals surface area contributed by atoms with Gasteiger partial charge < -0.3 is 13.7 Å². The van der Waals surface area contributed by atoms with Crippen molar-refractivity contribution in [1.29, 1.82) is 0 Å². The van der Waals surface area contributed by atoms with Crippen molar-refractivity contribution in [2.75, 3.05) is 0 Å². The minimum absolute atomic E-state index is 0.0776. The van der Waals surface area contributed by atoms with E-state index in [2.05, 4.69) is 10.1 Å². The van der Waals surface area contributed by atoms with Crippen LogP contribution < -0.4 is 5.56 Å². The van der Waals surface area contributed by atoms with E-state index < -0.39 is 5.97 Å². The highest BCUT2D eigenvalue weighted by atomic mass is 32.1. The number of hydrogen-bond acceptors (Lipinski definition) is 7. The summed E-state index contributed by atoms with van der Waals surface area (Å²) in [4.78, 5) is 29.7. The van der Waals surface area contributed by atoms with Crippen molar-refractivity contribution in [3.05, 3.63) is 74.3 Å². The third kappa shape index (κ3) is 3.73. The van der Waals surface area contributed by atoms with E-state index >= 15 is 0 Å². The van der Waals surface area contributed by atoms with Gasteiger partial charge in [-0.25, -0.2) is 9.78 Å². The minimum atomic E-state index is -0.454. The van der Waals surface area contributed by atoms with E-state index in [1.54, 1.807) is 12.3 Å². The van der Waals surface area contributed by atoms with Gasteiger partial charge in [-0.3, -0.25) is 4.79 Å². The van der Waals surface area contributed by atoms with Crippen LogP contribution in [0.3, 0.4) is 0 Å². The molecule has 0 radical (unpaired) electrons. The van der Waals surface area contributed by atoms with Crippen LogP contribution in [0.15, 0.2) is 39.7 Å². The van der Waals surface area contributed by atoms with Crippen LogP contribution in [0.2, 0.25) is 0 Å². The molecular weight excluding hydrogens is 392 g/mol. The molecule has 0 unspecified atom stereocenters. The van der Waals surface area contributed by atoms with Gasteiger partial charge in [0.2, 0.25) is 4.96 Å². The fourth-order valence-electron chi connectivity index (χ4n) is 3.14. The lowest BCUT2D eigenvalue weighted by Crippen LogP contribution is -2.17. The molecule has 0 saturated carbocycles. The third-order valence-electron chi connectivity index (χ3n) is 4.68. The lowest BCUT2D eigenvalue weighted by molar-refractivity contribution is 0.0466. The van der Waals surface area contributed by atoms with E-state index in [-0.39, 0.29) is 12.2 Å². The molecule has 4 rings (SSSR count). The summed E-state index contributed by atoms with van der Waals surface area (Å²) >= 11 is 1.35. The van der Waals surface area contributed by atoms with Crippen LogP contribution in [0.4, 0.5) is 0 Å². The summed E-state index contributed by atoms with van der Waals surface area (Å²) in [5, 5.41) is 5.04. The number of rotatable bonds is 6. The predicted molar refractivity (Wildman–Crippen MR) is 107 cm³/mol. The van der Waals surface area contributed by atoms with Gasteiger partial charge in [-0.2, -0.15) is 9.61 Å². The first-order valence-corrected chi connectivity index (χ1v) is 10.0. The zero-order valence-corrected chi connectivity index (χ0v) is 17.2. The normalized spacial score (nSPS) is 11.3. The molecule has 0 amide bonds. The molecular formula is C20H20N4O4S. The maximum Gasteiger partial charge on any atom is 0.340 e. The van der Waals surface area contributed by atoms with Crippen molar-refractivity contribution in [2.24, 2.45) is 0 Å². The van der Waals surface area contributed by atoms with Gasteiger partial charge >= 0.3 is 5.97 Å². The zero-order chi connectivity index (χ0) is 20.5. The van der Waals surface area contributed by atoms with Gasteiger partial charge in [0.05, 0.1) is 24.1 Å². The van der Waals surface area contributed by atoms with Crippen LogP contribution >= 0.6 is 11.3 Å². The number of furan rings is 1. The van der Waals surface area contributed by atoms with Crippen LogP contribution in [0.25, 0.3) is 4.96 Å². The molecule has 4 aromatic rings. The van der Waals surface area contributed by atoms with Crippen molar-refractivity contribution < 1.29 is 13.9 Å². The molecule has 0 aliphatic carbocycles. The summed E-state index contributed by atoms with van der Waals surface area (Å²) < 4.78 is 14.1. The summed E-state index contributed by atoms with van der Waals surface area (Å²) in [5.41, 5.74) is 2.33. The summed E-state index contributed by atoms with van der Waals surface area (Å²) in [5.74, 6) is 0.352. The molecule has 0 fully saturated rings. The molecule has 0 spiro atoms. The van der Waals surface area contributed by atoms with Crippen molar-refractivity contribution in [2.45, 2.75) is 40.3 Å². The average molecular weight is 412 g/mol. The van der Waals surface area contributed by atoms with E-state index in [0.29, 0.717) is 22.8 Å². The molecule has 4 heterocycles. The highest BCUT2D eigenvalue weighted by Crippen LogP contribution is 2.19. The Morgan fingerprint density at radius 2 is 2.14 bits per heavy atom. The van der Waals surface area contributed by atoms with Crippen molar-refractivity contribution in [1.82, 2.24) is 19.2 Å². The Balaban J connectivity index is 1.51. The summed E-state index contributed by atoms with van der Waals surface area (Å²) in [6.07, 6.45) is 2.35. The first-order chi connectivity index (χ1) is 14.0. The van der Waals surface area contributed by atoms with E-state index in [1.165, 1.54) is 21.9 Å². The Hall–Kier alpha value is -3.20. The molecule has 8 nitrogen and oxygen atoms in total. The third-order valence-corrected chi connectivity index (χ3v) is 5.73. The fourth-order valence-corrected chi connectivity index (χ4v) is 4.00. The largest absolute Gasteiger partial charge is 0.467 e. The molecule has 0 aliphatic heterocycles. The standard InChI is InChI=1S/C20H20N4O4S/c1-4-17-22-24-18(25)9-14(21-20(24)29-17)11-28-19(26)16-8-12(2)23(13(16)3)10-15-6-5-7-27-15/h5-9H,4,10-11H2,1-3H3. The topological polar surface area (TPSA) is 91.6 Å². The zero-order valence-electron chi connectivity index (χ0n) is 16.3. The maximum absolute atomic E-state index is 12.6. The number of nitrogens with zero attached hydrogens (tertiary/aromatic N) is 4. The Bertz CT molecular complexity index is 1230. The number of ether oxygens (including phenoxy) is 1. The maximum atomic E-state index is 12.6. The van der Waals surface area contributed by atoms with Gasteiger partial charge in [0.15, 0.2) is 0 Å². The van der Waals surface area contributed by atoms with E-state index in [0.717, 1.165) is 28.6 Å². The molecule has 4 aromatic heterocycles. The number of esters is 1. The van der Waals surface area contributed by atoms with Gasteiger partial charge in [-0.1, -0.05) is 18.3 Å². The smallest absolute Gasteiger partial charge is 0.340 e. The number of hydrogen-bond donors (Lipinski definition) is 0. The predicted octanol–water partition coefficient (Wildman–Crippen LogP) is 3.13.